The number of aromatic nitrogens is 3. The van der Waals surface area contributed by atoms with E-state index in [-0.39, 0.29) is 19.7 Å². The summed E-state index contributed by atoms with van der Waals surface area (Å²) in [5, 5.41) is 7.81. The number of carbonyl (C=O) groups excluding carboxylic acids is 2. The molecule has 172 valence electrons. The van der Waals surface area contributed by atoms with E-state index in [1.54, 1.807) is 18.3 Å². The van der Waals surface area contributed by atoms with E-state index in [2.05, 4.69) is 10.3 Å². The van der Waals surface area contributed by atoms with Crippen LogP contribution in [0.3, 0.4) is 0 Å². The fourth-order valence-electron chi connectivity index (χ4n) is 3.46. The maximum Gasteiger partial charge on any atom is 0.414 e. The van der Waals surface area contributed by atoms with Crippen LogP contribution >= 0.6 is 23.2 Å². The van der Waals surface area contributed by atoms with Crippen molar-refractivity contribution in [2.24, 2.45) is 0 Å². The molecular formula is C19H20Cl2FN5O5. The van der Waals surface area contributed by atoms with E-state index in [0.29, 0.717) is 43.4 Å². The number of alkyl halides is 2. The van der Waals surface area contributed by atoms with E-state index in [0.717, 1.165) is 0 Å². The predicted molar refractivity (Wildman–Crippen MR) is 112 cm³/mol. The van der Waals surface area contributed by atoms with Gasteiger partial charge in [-0.1, -0.05) is 28.4 Å². The molecule has 10 nitrogen and oxygen atoms in total. The van der Waals surface area contributed by atoms with Crippen molar-refractivity contribution in [3.8, 4) is 0 Å². The summed E-state index contributed by atoms with van der Waals surface area (Å²) in [5.74, 6) is -1.19. The van der Waals surface area contributed by atoms with Gasteiger partial charge in [-0.3, -0.25) is 4.90 Å². The molecule has 0 N–H and O–H groups in total. The Hall–Kier alpha value is -2.63. The molecule has 0 aliphatic carbocycles. The van der Waals surface area contributed by atoms with Crippen LogP contribution in [-0.2, 0) is 32.2 Å². The maximum atomic E-state index is 14.7. The molecule has 0 unspecified atom stereocenters. The van der Waals surface area contributed by atoms with Gasteiger partial charge in [0.2, 0.25) is 4.84 Å². The van der Waals surface area contributed by atoms with Crippen LogP contribution in [0, 0.1) is 5.82 Å². The summed E-state index contributed by atoms with van der Waals surface area (Å²) in [5.41, 5.74) is 1.27. The molecule has 0 saturated carbocycles. The van der Waals surface area contributed by atoms with Gasteiger partial charge in [0.25, 0.3) is 0 Å². The summed E-state index contributed by atoms with van der Waals surface area (Å²) >= 11 is 10.8. The first-order valence-electron chi connectivity index (χ1n) is 9.85. The molecule has 0 bridgehead atoms. The van der Waals surface area contributed by atoms with E-state index >= 15 is 0 Å². The highest BCUT2D eigenvalue weighted by Gasteiger charge is 2.33. The third kappa shape index (κ3) is 5.22. The normalized spacial score (nSPS) is 18.9. The molecule has 1 amide bonds. The van der Waals surface area contributed by atoms with Crippen LogP contribution in [0.2, 0.25) is 0 Å². The fraction of sp³-hybridized carbons (Fsp3) is 0.474. The Morgan fingerprint density at radius 1 is 1.31 bits per heavy atom. The molecule has 1 atom stereocenters. The second-order valence-electron chi connectivity index (χ2n) is 7.19. The minimum absolute atomic E-state index is 0.139. The van der Waals surface area contributed by atoms with Crippen molar-refractivity contribution >= 4 is 46.6 Å². The van der Waals surface area contributed by atoms with Crippen LogP contribution in [0.1, 0.15) is 5.69 Å². The van der Waals surface area contributed by atoms with Gasteiger partial charge in [-0.25, -0.2) is 18.7 Å². The van der Waals surface area contributed by atoms with Gasteiger partial charge in [0.1, 0.15) is 24.2 Å². The molecule has 32 heavy (non-hydrogen) atoms. The number of amides is 1. The van der Waals surface area contributed by atoms with E-state index < -0.39 is 28.8 Å². The number of esters is 1. The Kier molecular flexibility index (Phi) is 6.97. The minimum Gasteiger partial charge on any atom is -0.457 e. The van der Waals surface area contributed by atoms with Gasteiger partial charge >= 0.3 is 12.1 Å². The molecule has 4 rings (SSSR count). The highest BCUT2D eigenvalue weighted by Crippen LogP contribution is 2.28. The lowest BCUT2D eigenvalue weighted by Gasteiger charge is -2.29. The average Bonchev–Trinajstić information content (AvgIpc) is 3.38. The van der Waals surface area contributed by atoms with Crippen molar-refractivity contribution in [1.82, 2.24) is 15.0 Å². The summed E-state index contributed by atoms with van der Waals surface area (Å²) in [4.78, 5) is 25.7. The van der Waals surface area contributed by atoms with Crippen molar-refractivity contribution in [3.63, 3.8) is 0 Å². The smallest absolute Gasteiger partial charge is 0.414 e. The van der Waals surface area contributed by atoms with Crippen molar-refractivity contribution in [2.75, 3.05) is 42.6 Å². The molecule has 2 fully saturated rings. The van der Waals surface area contributed by atoms with Crippen molar-refractivity contribution in [3.05, 3.63) is 35.9 Å². The zero-order valence-corrected chi connectivity index (χ0v) is 18.3. The lowest BCUT2D eigenvalue weighted by atomic mass is 10.2. The molecule has 1 aromatic carbocycles. The van der Waals surface area contributed by atoms with Crippen LogP contribution in [0.25, 0.3) is 0 Å². The monoisotopic (exact) mass is 487 g/mol. The van der Waals surface area contributed by atoms with Gasteiger partial charge in [-0.05, 0) is 18.2 Å². The predicted octanol–water partition coefficient (Wildman–Crippen LogP) is 2.13. The van der Waals surface area contributed by atoms with Gasteiger partial charge in [0, 0.05) is 13.1 Å². The largest absolute Gasteiger partial charge is 0.457 e. The standard InChI is InChI=1S/C19H20Cl2FN5O5/c20-17(21)18(28)31-11-12-8-26(24-23-12)9-14-10-27(19(29)32-14)13-1-2-16(15(22)7-13)25-3-5-30-6-4-25/h1-2,7-8,14,17H,3-6,9-11H2/t14-/m0/s1. The van der Waals surface area contributed by atoms with Gasteiger partial charge in [0.15, 0.2) is 0 Å². The molecule has 2 aliphatic rings. The number of hydrogen-bond donors (Lipinski definition) is 0. The third-order valence-corrected chi connectivity index (χ3v) is 5.34. The van der Waals surface area contributed by atoms with E-state index in [4.69, 9.17) is 37.4 Å². The van der Waals surface area contributed by atoms with E-state index in [1.165, 1.54) is 15.6 Å². The molecule has 2 aromatic rings. The van der Waals surface area contributed by atoms with Crippen LogP contribution in [0.5, 0.6) is 0 Å². The number of nitrogens with zero attached hydrogens (tertiary/aromatic N) is 5. The summed E-state index contributed by atoms with van der Waals surface area (Å²) in [6.07, 6.45) is 0.465. The summed E-state index contributed by atoms with van der Waals surface area (Å²) in [6, 6.07) is 4.69. The van der Waals surface area contributed by atoms with Gasteiger partial charge < -0.3 is 19.1 Å². The molecule has 1 aromatic heterocycles. The van der Waals surface area contributed by atoms with E-state index in [9.17, 15) is 14.0 Å². The van der Waals surface area contributed by atoms with Crippen LogP contribution < -0.4 is 9.80 Å². The number of ether oxygens (including phenoxy) is 3. The summed E-state index contributed by atoms with van der Waals surface area (Å²) in [6.45, 7) is 2.63. The second-order valence-corrected chi connectivity index (χ2v) is 8.29. The van der Waals surface area contributed by atoms with Crippen LogP contribution in [-0.4, -0.2) is 70.8 Å². The van der Waals surface area contributed by atoms with E-state index in [1.807, 2.05) is 4.90 Å². The Bertz CT molecular complexity index is 985. The van der Waals surface area contributed by atoms with Gasteiger partial charge in [-0.2, -0.15) is 0 Å². The topological polar surface area (TPSA) is 99.0 Å². The van der Waals surface area contributed by atoms with Crippen molar-refractivity contribution in [2.45, 2.75) is 24.1 Å². The molecule has 2 saturated heterocycles. The summed E-state index contributed by atoms with van der Waals surface area (Å²) in [7, 11) is 0. The Balaban J connectivity index is 1.35. The van der Waals surface area contributed by atoms with Crippen LogP contribution in [0.4, 0.5) is 20.6 Å². The van der Waals surface area contributed by atoms with Crippen molar-refractivity contribution in [1.29, 1.82) is 0 Å². The zero-order valence-electron chi connectivity index (χ0n) is 16.8. The number of halogens is 3. The maximum absolute atomic E-state index is 14.7. The number of morpholine rings is 1. The first-order chi connectivity index (χ1) is 15.4. The minimum atomic E-state index is -1.28. The first kappa shape index (κ1) is 22.6. The number of carbonyl (C=O) groups is 2. The number of cyclic esters (lactones) is 1. The van der Waals surface area contributed by atoms with Crippen LogP contribution in [0.15, 0.2) is 24.4 Å². The number of anilines is 2. The average molecular weight is 488 g/mol. The molecule has 3 heterocycles. The summed E-state index contributed by atoms with van der Waals surface area (Å²) < 4.78 is 31.7. The third-order valence-electron chi connectivity index (χ3n) is 4.99. The number of benzene rings is 1. The number of rotatable bonds is 7. The SMILES string of the molecule is O=C(OCc1cn(C[C@H]2CN(c3ccc(N4CCOCC4)c(F)c3)C(=O)O2)nn1)C(Cl)Cl. The lowest BCUT2D eigenvalue weighted by Crippen LogP contribution is -2.36. The molecule has 0 spiro atoms. The molecule has 13 heteroatoms. The highest BCUT2D eigenvalue weighted by molar-refractivity contribution is 6.52. The molecule has 0 radical (unpaired) electrons. The van der Waals surface area contributed by atoms with Gasteiger partial charge in [0.05, 0.1) is 43.9 Å². The van der Waals surface area contributed by atoms with Crippen molar-refractivity contribution < 1.29 is 28.2 Å². The highest BCUT2D eigenvalue weighted by atomic mass is 35.5. The molecular weight excluding hydrogens is 468 g/mol. The lowest BCUT2D eigenvalue weighted by molar-refractivity contribution is -0.142. The first-order valence-corrected chi connectivity index (χ1v) is 10.7. The molecule has 2 aliphatic heterocycles. The zero-order chi connectivity index (χ0) is 22.7. The van der Waals surface area contributed by atoms with Gasteiger partial charge in [-0.15, -0.1) is 5.10 Å². The quantitative estimate of drug-likeness (QED) is 0.432. The Labute approximate surface area is 192 Å². The Morgan fingerprint density at radius 3 is 2.81 bits per heavy atom. The number of hydrogen-bond acceptors (Lipinski definition) is 8. The Morgan fingerprint density at radius 2 is 2.09 bits per heavy atom. The second kappa shape index (κ2) is 9.88. The fourth-order valence-corrected chi connectivity index (χ4v) is 3.59.